The van der Waals surface area contributed by atoms with Crippen LogP contribution in [0.2, 0.25) is 0 Å². The van der Waals surface area contributed by atoms with Gasteiger partial charge in [0.05, 0.1) is 0 Å². The highest BCUT2D eigenvalue weighted by molar-refractivity contribution is 5.21. The predicted molar refractivity (Wildman–Crippen MR) is 84.0 cm³/mol. The Morgan fingerprint density at radius 2 is 1.71 bits per heavy atom. The summed E-state index contributed by atoms with van der Waals surface area (Å²) in [5.41, 5.74) is 0.426. The lowest BCUT2D eigenvalue weighted by atomic mass is 9.46. The number of aliphatic hydroxyl groups is 2. The van der Waals surface area contributed by atoms with Gasteiger partial charge in [-0.15, -0.1) is 0 Å². The Morgan fingerprint density at radius 1 is 0.905 bits per heavy atom. The molecule has 0 aromatic rings. The second-order valence-corrected chi connectivity index (χ2v) is 8.85. The molecule has 4 aliphatic rings. The Labute approximate surface area is 128 Å². The van der Waals surface area contributed by atoms with Crippen LogP contribution in [-0.2, 0) is 0 Å². The Kier molecular flexibility index (Phi) is 2.94. The van der Waals surface area contributed by atoms with Gasteiger partial charge in [-0.2, -0.15) is 0 Å². The van der Waals surface area contributed by atoms with Crippen molar-refractivity contribution in [3.63, 3.8) is 0 Å². The molecule has 4 aliphatic carbocycles. The molecular weight excluding hydrogens is 260 g/mol. The largest absolute Gasteiger partial charge is 0.509 e. The molecule has 0 heterocycles. The van der Waals surface area contributed by atoms with Crippen LogP contribution in [0.25, 0.3) is 0 Å². The summed E-state index contributed by atoms with van der Waals surface area (Å²) in [5, 5.41) is 20.8. The lowest BCUT2D eigenvalue weighted by Gasteiger charge is -2.59. The van der Waals surface area contributed by atoms with Gasteiger partial charge in [-0.1, -0.05) is 20.3 Å². The van der Waals surface area contributed by atoms with E-state index < -0.39 is 0 Å². The third-order valence-corrected chi connectivity index (χ3v) is 8.20. The second-order valence-electron chi connectivity index (χ2n) is 8.85. The Hall–Kier alpha value is -0.660. The minimum Gasteiger partial charge on any atom is -0.509 e. The average molecular weight is 290 g/mol. The van der Waals surface area contributed by atoms with Crippen LogP contribution in [0.5, 0.6) is 0 Å². The summed E-state index contributed by atoms with van der Waals surface area (Å²) in [5.74, 6) is 3.46. The van der Waals surface area contributed by atoms with Gasteiger partial charge in [0, 0.05) is 11.8 Å². The summed E-state index contributed by atoms with van der Waals surface area (Å²) >= 11 is 0. The van der Waals surface area contributed by atoms with Crippen molar-refractivity contribution in [1.82, 2.24) is 0 Å². The Balaban J connectivity index is 1.73. The molecular formula is C19H30O2. The fraction of sp³-hybridized carbons (Fsp3) is 0.895. The second kappa shape index (κ2) is 4.43. The van der Waals surface area contributed by atoms with E-state index in [1.165, 1.54) is 44.9 Å². The van der Waals surface area contributed by atoms with E-state index in [1.54, 1.807) is 0 Å². The van der Waals surface area contributed by atoms with Gasteiger partial charge < -0.3 is 10.2 Å². The van der Waals surface area contributed by atoms with E-state index in [2.05, 4.69) is 13.8 Å². The van der Waals surface area contributed by atoms with Gasteiger partial charge in [0.15, 0.2) is 0 Å². The van der Waals surface area contributed by atoms with Crippen molar-refractivity contribution in [2.45, 2.75) is 71.6 Å². The minimum absolute atomic E-state index is 0.144. The van der Waals surface area contributed by atoms with E-state index >= 15 is 0 Å². The summed E-state index contributed by atoms with van der Waals surface area (Å²) in [6.45, 7) is 4.78. The zero-order chi connectivity index (χ0) is 14.8. The van der Waals surface area contributed by atoms with Gasteiger partial charge >= 0.3 is 0 Å². The highest BCUT2D eigenvalue weighted by Crippen LogP contribution is 2.66. The first-order valence-electron chi connectivity index (χ1n) is 9.08. The van der Waals surface area contributed by atoms with Crippen LogP contribution < -0.4 is 0 Å². The first-order chi connectivity index (χ1) is 9.97. The number of fused-ring (bicyclic) bond motifs is 5. The van der Waals surface area contributed by atoms with E-state index in [9.17, 15) is 10.2 Å². The number of aliphatic hydroxyl groups excluding tert-OH is 2. The van der Waals surface area contributed by atoms with Crippen LogP contribution in [0.1, 0.15) is 71.6 Å². The van der Waals surface area contributed by atoms with Crippen molar-refractivity contribution in [2.75, 3.05) is 0 Å². The summed E-state index contributed by atoms with van der Waals surface area (Å²) in [6, 6.07) is 0. The fourth-order valence-electron chi connectivity index (χ4n) is 6.98. The molecule has 21 heavy (non-hydrogen) atoms. The van der Waals surface area contributed by atoms with Crippen molar-refractivity contribution in [1.29, 1.82) is 0 Å². The van der Waals surface area contributed by atoms with Crippen molar-refractivity contribution in [3.8, 4) is 0 Å². The summed E-state index contributed by atoms with van der Waals surface area (Å²) in [6.07, 6.45) is 11.2. The lowest BCUT2D eigenvalue weighted by molar-refractivity contribution is -0.0947. The zero-order valence-corrected chi connectivity index (χ0v) is 13.6. The predicted octanol–water partition coefficient (Wildman–Crippen LogP) is 5.36. The molecule has 0 radical (unpaired) electrons. The van der Waals surface area contributed by atoms with E-state index in [1.807, 2.05) is 0 Å². The molecule has 0 spiro atoms. The van der Waals surface area contributed by atoms with Gasteiger partial charge in [-0.3, -0.25) is 0 Å². The van der Waals surface area contributed by atoms with Crippen molar-refractivity contribution in [3.05, 3.63) is 11.5 Å². The molecule has 3 saturated carbocycles. The highest BCUT2D eigenvalue weighted by Gasteiger charge is 2.59. The third-order valence-electron chi connectivity index (χ3n) is 8.20. The van der Waals surface area contributed by atoms with E-state index in [4.69, 9.17) is 0 Å². The highest BCUT2D eigenvalue weighted by atomic mass is 16.3. The maximum Gasteiger partial charge on any atom is 0.136 e. The van der Waals surface area contributed by atoms with Crippen molar-refractivity contribution >= 4 is 0 Å². The zero-order valence-electron chi connectivity index (χ0n) is 13.6. The van der Waals surface area contributed by atoms with E-state index in [-0.39, 0.29) is 11.2 Å². The Bertz CT molecular complexity index is 482. The lowest BCUT2D eigenvalue weighted by Crippen LogP contribution is -2.52. The molecule has 2 nitrogen and oxygen atoms in total. The maximum absolute atomic E-state index is 10.7. The number of hydrogen-bond acceptors (Lipinski definition) is 2. The van der Waals surface area contributed by atoms with Crippen LogP contribution in [-0.4, -0.2) is 10.2 Å². The molecule has 2 N–H and O–H groups in total. The minimum atomic E-state index is -0.144. The molecule has 0 aromatic heterocycles. The van der Waals surface area contributed by atoms with Gasteiger partial charge in [0.1, 0.15) is 11.5 Å². The molecule has 0 amide bonds. The molecule has 0 bridgehead atoms. The molecule has 4 rings (SSSR count). The summed E-state index contributed by atoms with van der Waals surface area (Å²) in [4.78, 5) is 0. The first-order valence-corrected chi connectivity index (χ1v) is 9.08. The summed E-state index contributed by atoms with van der Waals surface area (Å²) in [7, 11) is 0. The smallest absolute Gasteiger partial charge is 0.136 e. The molecule has 1 unspecified atom stereocenters. The molecule has 6 atom stereocenters. The van der Waals surface area contributed by atoms with Crippen LogP contribution >= 0.6 is 0 Å². The average Bonchev–Trinajstić information content (AvgIpc) is 2.86. The van der Waals surface area contributed by atoms with Crippen LogP contribution in [0.15, 0.2) is 11.5 Å². The standard InChI is InChI=1S/C19H30O2/c1-18-10-3-4-14(18)13-7-5-12-6-8-16(20)17(21)19(12,2)15(13)9-11-18/h12-15,20-21H,3-11H2,1-2H3/t12?,13-,14-,15-,18-,19-/m0/s1. The van der Waals surface area contributed by atoms with Crippen LogP contribution in [0, 0.1) is 34.5 Å². The Morgan fingerprint density at radius 3 is 2.52 bits per heavy atom. The topological polar surface area (TPSA) is 40.5 Å². The SMILES string of the molecule is C[C@@]12CCC[C@H]1[C@@H]1CCC3CCC(O)=C(O)[C@]3(C)[C@H]1CC2. The van der Waals surface area contributed by atoms with Gasteiger partial charge in [0.25, 0.3) is 0 Å². The maximum atomic E-state index is 10.7. The van der Waals surface area contributed by atoms with E-state index in [0.717, 1.165) is 18.3 Å². The monoisotopic (exact) mass is 290 g/mol. The van der Waals surface area contributed by atoms with Gasteiger partial charge in [-0.05, 0) is 74.0 Å². The van der Waals surface area contributed by atoms with Crippen molar-refractivity contribution in [2.24, 2.45) is 34.5 Å². The normalized spacial score (nSPS) is 53.0. The molecule has 118 valence electrons. The molecule has 0 saturated heterocycles. The van der Waals surface area contributed by atoms with Crippen molar-refractivity contribution < 1.29 is 10.2 Å². The number of allylic oxidation sites excluding steroid dienone is 2. The molecule has 0 aromatic carbocycles. The van der Waals surface area contributed by atoms with Crippen LogP contribution in [0.4, 0.5) is 0 Å². The quantitative estimate of drug-likeness (QED) is 0.630. The van der Waals surface area contributed by atoms with Crippen LogP contribution in [0.3, 0.4) is 0 Å². The summed E-state index contributed by atoms with van der Waals surface area (Å²) < 4.78 is 0. The first kappa shape index (κ1) is 14.0. The molecule has 3 fully saturated rings. The van der Waals surface area contributed by atoms with Gasteiger partial charge in [0.2, 0.25) is 0 Å². The molecule has 2 heteroatoms. The number of rotatable bonds is 0. The number of hydrogen-bond donors (Lipinski definition) is 2. The molecule has 0 aliphatic heterocycles. The fourth-order valence-corrected chi connectivity index (χ4v) is 6.98. The van der Waals surface area contributed by atoms with Gasteiger partial charge in [-0.25, -0.2) is 0 Å². The third kappa shape index (κ3) is 1.71. The van der Waals surface area contributed by atoms with E-state index in [0.29, 0.717) is 29.4 Å².